The van der Waals surface area contributed by atoms with Crippen LogP contribution >= 0.6 is 0 Å². The molecular formula is C8H14F. The Morgan fingerprint density at radius 1 is 1.67 bits per heavy atom. The molecule has 0 saturated carbocycles. The van der Waals surface area contributed by atoms with Crippen LogP contribution in [-0.4, -0.2) is 6.17 Å². The maximum absolute atomic E-state index is 12.3. The molecule has 9 heavy (non-hydrogen) atoms. The van der Waals surface area contributed by atoms with Crippen molar-refractivity contribution in [3.8, 4) is 0 Å². The first kappa shape index (κ1) is 8.67. The molecule has 1 radical (unpaired) electrons. The second kappa shape index (κ2) is 5.80. The smallest absolute Gasteiger partial charge is 0.121 e. The zero-order chi connectivity index (χ0) is 7.11. The lowest BCUT2D eigenvalue weighted by Crippen LogP contribution is -1.94. The monoisotopic (exact) mass is 129 g/mol. The molecule has 0 heterocycles. The second-order valence-electron chi connectivity index (χ2n) is 2.06. The maximum Gasteiger partial charge on any atom is 0.121 e. The van der Waals surface area contributed by atoms with Gasteiger partial charge >= 0.3 is 0 Å². The van der Waals surface area contributed by atoms with Crippen LogP contribution < -0.4 is 0 Å². The summed E-state index contributed by atoms with van der Waals surface area (Å²) in [7, 11) is 0. The average molecular weight is 129 g/mol. The minimum atomic E-state index is -0.906. The van der Waals surface area contributed by atoms with Crippen LogP contribution in [0.4, 0.5) is 4.39 Å². The van der Waals surface area contributed by atoms with Crippen molar-refractivity contribution in [3.63, 3.8) is 0 Å². The lowest BCUT2D eigenvalue weighted by atomic mass is 10.1. The fourth-order valence-corrected chi connectivity index (χ4v) is 0.577. The van der Waals surface area contributed by atoms with E-state index in [0.717, 1.165) is 19.3 Å². The Balaban J connectivity index is 2.96. The number of hydrogen-bond donors (Lipinski definition) is 0. The number of hydrogen-bond acceptors (Lipinski definition) is 0. The Hall–Kier alpha value is -0.330. The summed E-state index contributed by atoms with van der Waals surface area (Å²) in [5.41, 5.74) is 0. The van der Waals surface area contributed by atoms with E-state index in [-0.39, 0.29) is 0 Å². The molecule has 0 spiro atoms. The molecule has 0 saturated heterocycles. The molecule has 0 aliphatic heterocycles. The van der Waals surface area contributed by atoms with Crippen LogP contribution in [0.25, 0.3) is 0 Å². The van der Waals surface area contributed by atoms with Crippen molar-refractivity contribution in [1.82, 2.24) is 0 Å². The highest BCUT2D eigenvalue weighted by molar-refractivity contribution is 4.89. The first-order valence-electron chi connectivity index (χ1n) is 3.41. The van der Waals surface area contributed by atoms with E-state index in [1.807, 2.05) is 0 Å². The normalized spacial score (nSPS) is 13.1. The molecule has 0 aromatic heterocycles. The number of alkyl halides is 1. The Morgan fingerprint density at radius 2 is 2.33 bits per heavy atom. The van der Waals surface area contributed by atoms with Gasteiger partial charge in [-0.05, 0) is 12.8 Å². The van der Waals surface area contributed by atoms with Gasteiger partial charge in [0.25, 0.3) is 0 Å². The molecule has 0 rings (SSSR count). The third-order valence-corrected chi connectivity index (χ3v) is 1.17. The van der Waals surface area contributed by atoms with E-state index in [1.54, 1.807) is 6.42 Å². The van der Waals surface area contributed by atoms with E-state index in [9.17, 15) is 4.39 Å². The summed E-state index contributed by atoms with van der Waals surface area (Å²) in [4.78, 5) is 0. The number of allylic oxidation sites excluding steroid dienone is 1. The Labute approximate surface area is 56.8 Å². The zero-order valence-corrected chi connectivity index (χ0v) is 5.94. The van der Waals surface area contributed by atoms with Crippen molar-refractivity contribution < 1.29 is 4.39 Å². The molecule has 53 valence electrons. The minimum absolute atomic E-state index is 0.865. The van der Waals surface area contributed by atoms with Gasteiger partial charge in [0.1, 0.15) is 6.17 Å². The molecule has 0 aromatic carbocycles. The molecule has 0 aromatic rings. The summed E-state index contributed by atoms with van der Waals surface area (Å²) in [6.07, 6.45) is 5.13. The van der Waals surface area contributed by atoms with Crippen LogP contribution in [0, 0.1) is 6.42 Å². The van der Waals surface area contributed by atoms with Gasteiger partial charge in [0.2, 0.25) is 0 Å². The summed E-state index contributed by atoms with van der Waals surface area (Å²) >= 11 is 0. The fourth-order valence-electron chi connectivity index (χ4n) is 0.577. The SMILES string of the molecule is C=CC(F)[CH]CCCC. The zero-order valence-electron chi connectivity index (χ0n) is 5.94. The molecule has 0 aliphatic carbocycles. The van der Waals surface area contributed by atoms with Gasteiger partial charge < -0.3 is 0 Å². The topological polar surface area (TPSA) is 0 Å². The van der Waals surface area contributed by atoms with Gasteiger partial charge in [0, 0.05) is 0 Å². The Morgan fingerprint density at radius 3 is 2.78 bits per heavy atom. The highest BCUT2D eigenvalue weighted by Gasteiger charge is 1.97. The lowest BCUT2D eigenvalue weighted by molar-refractivity contribution is 0.432. The van der Waals surface area contributed by atoms with E-state index >= 15 is 0 Å². The quantitative estimate of drug-likeness (QED) is 0.395. The number of unbranched alkanes of at least 4 members (excludes halogenated alkanes) is 2. The first-order chi connectivity index (χ1) is 4.31. The predicted octanol–water partition coefficient (Wildman–Crippen LogP) is 2.90. The third-order valence-electron chi connectivity index (χ3n) is 1.17. The van der Waals surface area contributed by atoms with Crippen molar-refractivity contribution in [1.29, 1.82) is 0 Å². The Kier molecular flexibility index (Phi) is 5.59. The first-order valence-corrected chi connectivity index (χ1v) is 3.41. The minimum Gasteiger partial charge on any atom is -0.243 e. The van der Waals surface area contributed by atoms with Gasteiger partial charge in [-0.15, -0.1) is 6.58 Å². The van der Waals surface area contributed by atoms with Crippen molar-refractivity contribution in [2.75, 3.05) is 0 Å². The summed E-state index contributed by atoms with van der Waals surface area (Å²) < 4.78 is 12.3. The molecule has 0 bridgehead atoms. The summed E-state index contributed by atoms with van der Waals surface area (Å²) in [5.74, 6) is 0. The standard InChI is InChI=1S/C8H14F/c1-3-5-6-7-8(9)4-2/h4,7-8H,2-3,5-6H2,1H3. The van der Waals surface area contributed by atoms with Gasteiger partial charge in [-0.2, -0.15) is 0 Å². The van der Waals surface area contributed by atoms with E-state index < -0.39 is 6.17 Å². The van der Waals surface area contributed by atoms with Crippen molar-refractivity contribution >= 4 is 0 Å². The predicted molar refractivity (Wildman–Crippen MR) is 38.9 cm³/mol. The van der Waals surface area contributed by atoms with E-state index in [2.05, 4.69) is 13.5 Å². The molecule has 1 unspecified atom stereocenters. The number of rotatable bonds is 5. The van der Waals surface area contributed by atoms with Crippen LogP contribution in [0.3, 0.4) is 0 Å². The summed E-state index contributed by atoms with van der Waals surface area (Å²) in [5, 5.41) is 0. The van der Waals surface area contributed by atoms with Crippen LogP contribution in [0.15, 0.2) is 12.7 Å². The van der Waals surface area contributed by atoms with E-state index in [1.165, 1.54) is 6.08 Å². The van der Waals surface area contributed by atoms with Gasteiger partial charge in [0.15, 0.2) is 0 Å². The van der Waals surface area contributed by atoms with Crippen LogP contribution in [-0.2, 0) is 0 Å². The highest BCUT2D eigenvalue weighted by atomic mass is 19.1. The van der Waals surface area contributed by atoms with Crippen LogP contribution in [0.2, 0.25) is 0 Å². The maximum atomic E-state index is 12.3. The molecule has 1 heteroatoms. The van der Waals surface area contributed by atoms with Crippen molar-refractivity contribution in [3.05, 3.63) is 19.1 Å². The van der Waals surface area contributed by atoms with E-state index in [4.69, 9.17) is 0 Å². The average Bonchev–Trinajstić information content (AvgIpc) is 1.89. The molecule has 0 aliphatic rings. The summed E-state index contributed by atoms with van der Waals surface area (Å²) in [6, 6.07) is 0. The van der Waals surface area contributed by atoms with Gasteiger partial charge in [-0.1, -0.05) is 25.8 Å². The fraction of sp³-hybridized carbons (Fsp3) is 0.625. The van der Waals surface area contributed by atoms with Crippen molar-refractivity contribution in [2.45, 2.75) is 32.4 Å². The lowest BCUT2D eigenvalue weighted by Gasteiger charge is -1.98. The molecular weight excluding hydrogens is 115 g/mol. The van der Waals surface area contributed by atoms with Gasteiger partial charge in [-0.25, -0.2) is 4.39 Å². The molecule has 0 nitrogen and oxygen atoms in total. The molecule has 1 atom stereocenters. The third kappa shape index (κ3) is 5.54. The van der Waals surface area contributed by atoms with Crippen LogP contribution in [0.1, 0.15) is 26.2 Å². The molecule has 0 amide bonds. The second-order valence-corrected chi connectivity index (χ2v) is 2.06. The highest BCUT2D eigenvalue weighted by Crippen LogP contribution is 2.04. The largest absolute Gasteiger partial charge is 0.243 e. The van der Waals surface area contributed by atoms with Gasteiger partial charge in [-0.3, -0.25) is 0 Å². The van der Waals surface area contributed by atoms with E-state index in [0.29, 0.717) is 0 Å². The van der Waals surface area contributed by atoms with Crippen LogP contribution in [0.5, 0.6) is 0 Å². The number of halogens is 1. The molecule has 0 N–H and O–H groups in total. The molecule has 0 fully saturated rings. The summed E-state index contributed by atoms with van der Waals surface area (Å²) in [6.45, 7) is 5.43. The van der Waals surface area contributed by atoms with Crippen molar-refractivity contribution in [2.24, 2.45) is 0 Å². The van der Waals surface area contributed by atoms with Gasteiger partial charge in [0.05, 0.1) is 0 Å². The Bertz CT molecular complexity index is 69.0.